The molecule has 4 heterocycles. The van der Waals surface area contributed by atoms with Crippen molar-refractivity contribution >= 4 is 71.6 Å². The Balaban J connectivity index is 0.951. The summed E-state index contributed by atoms with van der Waals surface area (Å²) in [5, 5.41) is 7.07. The molecule has 1 aliphatic rings. The van der Waals surface area contributed by atoms with Gasteiger partial charge in [-0.3, -0.25) is 0 Å². The van der Waals surface area contributed by atoms with Gasteiger partial charge in [0.2, 0.25) is 0 Å². The molecular weight excluding hydrogens is 745 g/mol. The Morgan fingerprint density at radius 3 is 1.80 bits per heavy atom. The van der Waals surface area contributed by atoms with Gasteiger partial charge < -0.3 is 13.6 Å². The van der Waals surface area contributed by atoms with Crippen LogP contribution in [0.15, 0.2) is 192 Å². The smallest absolute Gasteiger partial charge is 0.160 e. The van der Waals surface area contributed by atoms with Gasteiger partial charge in [-0.25, -0.2) is 9.97 Å². The molecule has 0 atom stereocenters. The third kappa shape index (κ3) is 5.20. The summed E-state index contributed by atoms with van der Waals surface area (Å²) in [5.41, 5.74) is 16.2. The van der Waals surface area contributed by atoms with Crippen molar-refractivity contribution in [2.45, 2.75) is 12.8 Å². The van der Waals surface area contributed by atoms with Gasteiger partial charge in [0.15, 0.2) is 5.82 Å². The number of benzene rings is 8. The number of rotatable bonds is 5. The highest BCUT2D eigenvalue weighted by Gasteiger charge is 2.22. The third-order valence-electron chi connectivity index (χ3n) is 12.6. The first-order valence-electron chi connectivity index (χ1n) is 21.0. The van der Waals surface area contributed by atoms with Gasteiger partial charge in [-0.2, -0.15) is 0 Å². The number of hydrogen-bond donors (Lipinski definition) is 0. The van der Waals surface area contributed by atoms with Crippen LogP contribution < -0.4 is 0 Å². The second kappa shape index (κ2) is 13.2. The molecule has 286 valence electrons. The minimum absolute atomic E-state index is 0.735. The highest BCUT2D eigenvalue weighted by molar-refractivity contribution is 6.15. The van der Waals surface area contributed by atoms with Crippen LogP contribution >= 0.6 is 0 Å². The van der Waals surface area contributed by atoms with Crippen molar-refractivity contribution in [2.75, 3.05) is 0 Å². The van der Waals surface area contributed by atoms with Gasteiger partial charge in [-0.05, 0) is 96.8 Å². The zero-order valence-electron chi connectivity index (χ0n) is 33.1. The van der Waals surface area contributed by atoms with E-state index in [1.807, 2.05) is 18.2 Å². The number of fused-ring (bicyclic) bond motifs is 10. The lowest BCUT2D eigenvalue weighted by Gasteiger charge is -2.17. The normalized spacial score (nSPS) is 12.7. The maximum absolute atomic E-state index is 6.74. The average Bonchev–Trinajstić information content (AvgIpc) is 3.98. The summed E-state index contributed by atoms with van der Waals surface area (Å²) in [4.78, 5) is 10.3. The maximum Gasteiger partial charge on any atom is 0.160 e. The molecular formula is C56H36N4O. The van der Waals surface area contributed by atoms with E-state index in [2.05, 4.69) is 185 Å². The van der Waals surface area contributed by atoms with E-state index in [4.69, 9.17) is 14.4 Å². The van der Waals surface area contributed by atoms with Crippen molar-refractivity contribution in [3.63, 3.8) is 0 Å². The number of para-hydroxylation sites is 3. The molecule has 1 aliphatic carbocycles. The lowest BCUT2D eigenvalue weighted by atomic mass is 9.94. The molecule has 0 amide bonds. The predicted octanol–water partition coefficient (Wildman–Crippen LogP) is 14.5. The van der Waals surface area contributed by atoms with Gasteiger partial charge in [-0.15, -0.1) is 0 Å². The first-order chi connectivity index (χ1) is 30.2. The van der Waals surface area contributed by atoms with Gasteiger partial charge in [0, 0.05) is 66.4 Å². The summed E-state index contributed by atoms with van der Waals surface area (Å²) < 4.78 is 11.5. The Hall–Kier alpha value is -8.02. The molecule has 0 spiro atoms. The summed E-state index contributed by atoms with van der Waals surface area (Å²) in [6.07, 6.45) is 6.23. The fourth-order valence-corrected chi connectivity index (χ4v) is 9.84. The van der Waals surface area contributed by atoms with Crippen LogP contribution in [0, 0.1) is 0 Å². The van der Waals surface area contributed by atoms with Crippen LogP contribution in [0.2, 0.25) is 0 Å². The Morgan fingerprint density at radius 1 is 0.443 bits per heavy atom. The molecule has 61 heavy (non-hydrogen) atoms. The Morgan fingerprint density at radius 2 is 1.08 bits per heavy atom. The zero-order chi connectivity index (χ0) is 40.0. The average molecular weight is 781 g/mol. The topological polar surface area (TPSA) is 48.8 Å². The van der Waals surface area contributed by atoms with Crippen LogP contribution in [0.3, 0.4) is 0 Å². The zero-order valence-corrected chi connectivity index (χ0v) is 33.1. The van der Waals surface area contributed by atoms with Crippen molar-refractivity contribution in [3.05, 3.63) is 199 Å². The van der Waals surface area contributed by atoms with E-state index in [1.54, 1.807) is 0 Å². The van der Waals surface area contributed by atoms with E-state index in [9.17, 15) is 0 Å². The standard InChI is InChI=1S/C56H36N4O/c1-3-14-35(15-4-1)56-57-47-22-10-7-20-42(47)55(58-56)44-21-13-25-52-54(44)43-29-28-39(34-53(43)61-52)60-49-24-12-9-19-41(49)46-33-37(27-31-51(46)60)36-26-30-50-45(32-36)40-18-8-11-23-48(40)59(50)38-16-5-2-6-17-38/h1-6,8-19,21-34H,7,20H2. The van der Waals surface area contributed by atoms with E-state index in [1.165, 1.54) is 49.3 Å². The molecule has 0 radical (unpaired) electrons. The Labute approximate surface area is 351 Å². The molecule has 0 aliphatic heterocycles. The third-order valence-corrected chi connectivity index (χ3v) is 12.6. The number of hydrogen-bond acceptors (Lipinski definition) is 3. The minimum Gasteiger partial charge on any atom is -0.456 e. The first-order valence-corrected chi connectivity index (χ1v) is 21.0. The fourth-order valence-electron chi connectivity index (χ4n) is 9.84. The van der Waals surface area contributed by atoms with Crippen LogP contribution in [0.25, 0.3) is 117 Å². The molecule has 5 heteroatoms. The van der Waals surface area contributed by atoms with Gasteiger partial charge in [-0.1, -0.05) is 115 Å². The largest absolute Gasteiger partial charge is 0.456 e. The Kier molecular flexibility index (Phi) is 7.36. The summed E-state index contributed by atoms with van der Waals surface area (Å²) >= 11 is 0. The molecule has 8 aromatic carbocycles. The summed E-state index contributed by atoms with van der Waals surface area (Å²) in [5.74, 6) is 0.735. The van der Waals surface area contributed by atoms with E-state index in [-0.39, 0.29) is 0 Å². The van der Waals surface area contributed by atoms with Crippen molar-refractivity contribution in [3.8, 4) is 45.1 Å². The molecule has 0 saturated carbocycles. The molecule has 5 nitrogen and oxygen atoms in total. The summed E-state index contributed by atoms with van der Waals surface area (Å²) in [6.45, 7) is 0. The molecule has 0 bridgehead atoms. The van der Waals surface area contributed by atoms with Crippen molar-refractivity contribution in [1.29, 1.82) is 0 Å². The van der Waals surface area contributed by atoms with Crippen molar-refractivity contribution < 1.29 is 4.42 Å². The quantitative estimate of drug-likeness (QED) is 0.175. The lowest BCUT2D eigenvalue weighted by molar-refractivity contribution is 0.668. The van der Waals surface area contributed by atoms with Crippen molar-refractivity contribution in [2.24, 2.45) is 0 Å². The second-order valence-electron chi connectivity index (χ2n) is 16.0. The van der Waals surface area contributed by atoms with Gasteiger partial charge in [0.05, 0.1) is 33.5 Å². The number of furan rings is 1. The predicted molar refractivity (Wildman–Crippen MR) is 252 cm³/mol. The molecule has 0 fully saturated rings. The van der Waals surface area contributed by atoms with Crippen LogP contribution in [0.4, 0.5) is 0 Å². The van der Waals surface area contributed by atoms with E-state index < -0.39 is 0 Å². The Bertz CT molecular complexity index is 3760. The molecule has 12 aromatic rings. The molecule has 4 aromatic heterocycles. The first kappa shape index (κ1) is 33.9. The highest BCUT2D eigenvalue weighted by Crippen LogP contribution is 2.42. The molecule has 0 N–H and O–H groups in total. The highest BCUT2D eigenvalue weighted by atomic mass is 16.3. The number of aromatic nitrogens is 4. The van der Waals surface area contributed by atoms with Crippen molar-refractivity contribution in [1.82, 2.24) is 19.1 Å². The van der Waals surface area contributed by atoms with E-state index in [0.717, 1.165) is 85.5 Å². The van der Waals surface area contributed by atoms with Crippen LogP contribution in [0.5, 0.6) is 0 Å². The molecule has 0 unspecified atom stereocenters. The SMILES string of the molecule is C1=Cc2nc(-c3ccccc3)nc(-c3cccc4oc5cc(-n6c7ccccc7c7cc(-c8ccc9c(c8)c8ccccc8n9-c8ccccc8)ccc76)ccc5c34)c2CC1. The molecule has 13 rings (SSSR count). The van der Waals surface area contributed by atoms with Gasteiger partial charge >= 0.3 is 0 Å². The molecule has 0 saturated heterocycles. The fraction of sp³-hybridized carbons (Fsp3) is 0.0357. The van der Waals surface area contributed by atoms with E-state index in [0.29, 0.717) is 0 Å². The summed E-state index contributed by atoms with van der Waals surface area (Å²) in [6, 6.07) is 65.1. The van der Waals surface area contributed by atoms with Crippen LogP contribution in [-0.2, 0) is 6.42 Å². The lowest BCUT2D eigenvalue weighted by Crippen LogP contribution is -2.05. The van der Waals surface area contributed by atoms with Crippen LogP contribution in [0.1, 0.15) is 17.7 Å². The number of allylic oxidation sites excluding steroid dienone is 1. The maximum atomic E-state index is 6.74. The van der Waals surface area contributed by atoms with Crippen LogP contribution in [-0.4, -0.2) is 19.1 Å². The second-order valence-corrected chi connectivity index (χ2v) is 16.0. The minimum atomic E-state index is 0.735. The van der Waals surface area contributed by atoms with Gasteiger partial charge in [0.25, 0.3) is 0 Å². The van der Waals surface area contributed by atoms with Gasteiger partial charge in [0.1, 0.15) is 11.2 Å². The monoisotopic (exact) mass is 780 g/mol. The van der Waals surface area contributed by atoms with E-state index >= 15 is 0 Å². The summed E-state index contributed by atoms with van der Waals surface area (Å²) in [7, 11) is 0. The number of nitrogens with zero attached hydrogens (tertiary/aromatic N) is 4.